The van der Waals surface area contributed by atoms with Gasteiger partial charge in [0.1, 0.15) is 12.1 Å². The number of fused-ring (bicyclic) bond motifs is 3. The van der Waals surface area contributed by atoms with E-state index in [0.29, 0.717) is 32.3 Å². The first-order valence-electron chi connectivity index (χ1n) is 21.1. The average molecular weight is 793 g/mol. The summed E-state index contributed by atoms with van der Waals surface area (Å²) in [5.41, 5.74) is 9.73. The van der Waals surface area contributed by atoms with Crippen molar-refractivity contribution in [1.29, 1.82) is 0 Å². The van der Waals surface area contributed by atoms with Crippen molar-refractivity contribution in [3.8, 4) is 11.1 Å². The number of nitrogens with one attached hydrogen (secondary N) is 3. The summed E-state index contributed by atoms with van der Waals surface area (Å²) in [5.74, 6) is -3.00. The minimum absolute atomic E-state index is 0.0162. The Labute approximate surface area is 343 Å². The van der Waals surface area contributed by atoms with Gasteiger partial charge in [0.05, 0.1) is 11.8 Å². The van der Waals surface area contributed by atoms with Crippen LogP contribution in [0.1, 0.15) is 108 Å². The zero-order valence-corrected chi connectivity index (χ0v) is 34.4. The van der Waals surface area contributed by atoms with Gasteiger partial charge in [0.2, 0.25) is 11.8 Å². The first-order valence-corrected chi connectivity index (χ1v) is 21.1. The Morgan fingerprint density at radius 2 is 1.47 bits per heavy atom. The van der Waals surface area contributed by atoms with E-state index in [0.717, 1.165) is 53.5 Å². The van der Waals surface area contributed by atoms with Gasteiger partial charge in [-0.1, -0.05) is 132 Å². The molecular weight excluding hydrogens is 733 g/mol. The van der Waals surface area contributed by atoms with Crippen molar-refractivity contribution >= 4 is 29.9 Å². The normalized spacial score (nSPS) is 18.3. The molecule has 3 atom stereocenters. The molecule has 0 radical (unpaired) electrons. The number of benzene rings is 3. The number of hydrogen-bond acceptors (Lipinski definition) is 7. The van der Waals surface area contributed by atoms with Gasteiger partial charge in [-0.05, 0) is 78.2 Å². The van der Waals surface area contributed by atoms with Crippen LogP contribution in [0.5, 0.6) is 0 Å². The Morgan fingerprint density at radius 1 is 0.810 bits per heavy atom. The third kappa shape index (κ3) is 10.7. The number of rotatable bonds is 16. The van der Waals surface area contributed by atoms with E-state index in [1.54, 1.807) is 0 Å². The molecule has 2 aliphatic carbocycles. The molecule has 3 aromatic rings. The van der Waals surface area contributed by atoms with Crippen LogP contribution in [0.3, 0.4) is 0 Å². The molecule has 6 rings (SSSR count). The summed E-state index contributed by atoms with van der Waals surface area (Å²) in [6, 6.07) is 26.1. The number of hydroxylamine groups is 1. The van der Waals surface area contributed by atoms with Crippen molar-refractivity contribution in [2.75, 3.05) is 19.8 Å². The van der Waals surface area contributed by atoms with Crippen LogP contribution >= 0.6 is 0 Å². The van der Waals surface area contributed by atoms with Gasteiger partial charge in [0.15, 0.2) is 6.29 Å². The maximum Gasteiger partial charge on any atom is 0.408 e. The van der Waals surface area contributed by atoms with Crippen molar-refractivity contribution in [1.82, 2.24) is 21.2 Å². The summed E-state index contributed by atoms with van der Waals surface area (Å²) in [7, 11) is 0. The van der Waals surface area contributed by atoms with E-state index in [1.807, 2.05) is 94.4 Å². The first kappa shape index (κ1) is 42.6. The first-order chi connectivity index (χ1) is 28.0. The summed E-state index contributed by atoms with van der Waals surface area (Å²) >= 11 is 0. The molecular formula is C47H60N4O7. The average Bonchev–Trinajstić information content (AvgIpc) is 3.83. The Morgan fingerprint density at radius 3 is 2.09 bits per heavy atom. The lowest BCUT2D eigenvalue weighted by molar-refractivity contribution is -0.203. The minimum atomic E-state index is -1.26. The summed E-state index contributed by atoms with van der Waals surface area (Å²) < 4.78 is 11.6. The predicted molar refractivity (Wildman–Crippen MR) is 223 cm³/mol. The number of hydrogen-bond donors (Lipinski definition) is 3. The fourth-order valence-electron chi connectivity index (χ4n) is 8.55. The molecule has 3 aromatic carbocycles. The lowest BCUT2D eigenvalue weighted by Gasteiger charge is -2.37. The Balaban J connectivity index is 1.19. The summed E-state index contributed by atoms with van der Waals surface area (Å²) in [5, 5.41) is 4.34. The van der Waals surface area contributed by atoms with E-state index in [4.69, 9.17) is 14.3 Å². The van der Waals surface area contributed by atoms with E-state index >= 15 is 0 Å². The van der Waals surface area contributed by atoms with E-state index in [-0.39, 0.29) is 37.3 Å². The number of alkyl carbamates (subject to hydrolysis) is 1. The third-order valence-corrected chi connectivity index (χ3v) is 11.4. The van der Waals surface area contributed by atoms with Gasteiger partial charge in [-0.2, -0.15) is 0 Å². The van der Waals surface area contributed by atoms with E-state index in [2.05, 4.69) is 40.5 Å². The largest absolute Gasteiger partial charge is 0.449 e. The van der Waals surface area contributed by atoms with Gasteiger partial charge >= 0.3 is 6.09 Å². The fourth-order valence-corrected chi connectivity index (χ4v) is 8.55. The van der Waals surface area contributed by atoms with Crippen molar-refractivity contribution < 1.29 is 33.5 Å². The molecule has 1 aliphatic heterocycles. The quantitative estimate of drug-likeness (QED) is 0.124. The predicted octanol–water partition coefficient (Wildman–Crippen LogP) is 8.31. The van der Waals surface area contributed by atoms with Crippen molar-refractivity contribution in [3.05, 3.63) is 102 Å². The molecule has 0 aromatic heterocycles. The zero-order valence-electron chi connectivity index (χ0n) is 34.4. The summed E-state index contributed by atoms with van der Waals surface area (Å²) in [4.78, 5) is 62.7. The highest BCUT2D eigenvalue weighted by atomic mass is 16.8. The molecule has 11 heteroatoms. The van der Waals surface area contributed by atoms with Gasteiger partial charge in [0, 0.05) is 25.5 Å². The lowest BCUT2D eigenvalue weighted by atomic mass is 9.82. The maximum absolute atomic E-state index is 14.7. The van der Waals surface area contributed by atoms with Crippen LogP contribution in [0.15, 0.2) is 84.9 Å². The van der Waals surface area contributed by atoms with Crippen molar-refractivity contribution in [2.45, 2.75) is 103 Å². The van der Waals surface area contributed by atoms with Crippen LogP contribution in [0.2, 0.25) is 0 Å². The van der Waals surface area contributed by atoms with Gasteiger partial charge in [-0.3, -0.25) is 24.8 Å². The smallest absolute Gasteiger partial charge is 0.408 e. The number of hydrazine groups is 1. The molecule has 1 unspecified atom stereocenters. The second-order valence-corrected chi connectivity index (χ2v) is 16.8. The van der Waals surface area contributed by atoms with Crippen molar-refractivity contribution in [2.24, 2.45) is 23.7 Å². The second-order valence-electron chi connectivity index (χ2n) is 16.8. The Bertz CT molecular complexity index is 1840. The van der Waals surface area contributed by atoms with Gasteiger partial charge in [-0.25, -0.2) is 15.1 Å². The number of nitrogens with zero attached hydrogens (tertiary/aromatic N) is 1. The Hall–Kier alpha value is -5.00. The minimum Gasteiger partial charge on any atom is -0.449 e. The highest BCUT2D eigenvalue weighted by Gasteiger charge is 2.47. The number of carbonyl (C=O) groups excluding carboxylic acids is 4. The summed E-state index contributed by atoms with van der Waals surface area (Å²) in [6.45, 7) is 8.82. The fraction of sp³-hybridized carbons (Fsp3) is 0.489. The highest BCUT2D eigenvalue weighted by Crippen LogP contribution is 2.44. The zero-order chi connectivity index (χ0) is 41.1. The maximum atomic E-state index is 14.7. The van der Waals surface area contributed by atoms with Crippen LogP contribution in [-0.2, 0) is 28.7 Å². The molecule has 310 valence electrons. The number of amides is 4. The molecule has 58 heavy (non-hydrogen) atoms. The van der Waals surface area contributed by atoms with Gasteiger partial charge in [0.25, 0.3) is 5.91 Å². The number of allylic oxidation sites excluding steroid dienone is 1. The van der Waals surface area contributed by atoms with Crippen LogP contribution in [0, 0.1) is 23.7 Å². The van der Waals surface area contributed by atoms with E-state index in [9.17, 15) is 19.2 Å². The monoisotopic (exact) mass is 792 g/mol. The van der Waals surface area contributed by atoms with E-state index < -0.39 is 47.5 Å². The number of carbonyl (C=O) groups is 4. The second kappa shape index (κ2) is 20.1. The molecule has 3 aliphatic rings. The highest BCUT2D eigenvalue weighted by molar-refractivity contribution is 5.93. The molecule has 3 N–H and O–H groups in total. The van der Waals surface area contributed by atoms with Crippen LogP contribution in [0.4, 0.5) is 4.79 Å². The molecule has 1 saturated heterocycles. The molecule has 0 spiro atoms. The SMILES string of the molecule is CC(C)C[C@@H](C(=O)NN(CC(C)C)C(=O)C1(NC(=O)OCC2c3ccccc3-c3ccccc32)CCCC1)[C@H](C/C=C/c1ccccc1)C(=O)NOC1CCCCO1. The lowest BCUT2D eigenvalue weighted by Crippen LogP contribution is -2.63. The standard InChI is InChI=1S/C47H60N4O7/c1-32(2)29-40(39(24-16-19-34-17-6-5-7-18-34)44(53)50-58-42-25-12-15-28-56-42)43(52)49-51(30-33(3)4)45(54)47(26-13-14-27-47)48-46(55)57-31-41-37-22-10-8-20-35(37)36-21-9-11-23-38(36)41/h5-11,16-23,32-33,39-42H,12-15,24-31H2,1-4H3,(H,48,55)(H,49,52)(H,50,53)/b19-16+/t39-,40+,42?/m0/s1. The molecule has 0 bridgehead atoms. The van der Waals surface area contributed by atoms with Crippen LogP contribution in [0.25, 0.3) is 17.2 Å². The van der Waals surface area contributed by atoms with Crippen LogP contribution < -0.4 is 16.2 Å². The van der Waals surface area contributed by atoms with Crippen molar-refractivity contribution in [3.63, 3.8) is 0 Å². The topological polar surface area (TPSA) is 135 Å². The van der Waals surface area contributed by atoms with Crippen LogP contribution in [-0.4, -0.2) is 60.4 Å². The van der Waals surface area contributed by atoms with Gasteiger partial charge in [-0.15, -0.1) is 0 Å². The molecule has 1 heterocycles. The molecule has 2 fully saturated rings. The summed E-state index contributed by atoms with van der Waals surface area (Å²) in [6.07, 6.45) is 8.06. The molecule has 11 nitrogen and oxygen atoms in total. The van der Waals surface area contributed by atoms with Gasteiger partial charge < -0.3 is 14.8 Å². The molecule has 4 amide bonds. The van der Waals surface area contributed by atoms with E-state index in [1.165, 1.54) is 5.01 Å². The third-order valence-electron chi connectivity index (χ3n) is 11.4. The Kier molecular flexibility index (Phi) is 14.8. The number of ether oxygens (including phenoxy) is 2. The molecule has 1 saturated carbocycles.